The van der Waals surface area contributed by atoms with E-state index in [0.29, 0.717) is 0 Å². The van der Waals surface area contributed by atoms with Crippen LogP contribution in [0, 0.1) is 0 Å². The van der Waals surface area contributed by atoms with E-state index in [4.69, 9.17) is 19.4 Å². The molecule has 1 aromatic rings. The maximum Gasteiger partial charge on any atom is 0.360 e. The number of hydrogen-bond donors (Lipinski definition) is 3. The molecule has 0 saturated carbocycles. The standard InChI is InChI=1S/C9H14N2O5/c1-2-15-8(14)7-5-16-9(11-7)10-6(3-12)4-13/h5-6,12-13H,2-4H2,1H3,(H,10,11). The van der Waals surface area contributed by atoms with Gasteiger partial charge >= 0.3 is 5.97 Å². The summed E-state index contributed by atoms with van der Waals surface area (Å²) in [6.45, 7) is 1.40. The predicted molar refractivity (Wildman–Crippen MR) is 54.0 cm³/mol. The lowest BCUT2D eigenvalue weighted by Crippen LogP contribution is -2.27. The lowest BCUT2D eigenvalue weighted by Gasteiger charge is -2.10. The number of anilines is 1. The summed E-state index contributed by atoms with van der Waals surface area (Å²) in [6.07, 6.45) is 1.14. The SMILES string of the molecule is CCOC(=O)c1coc(NC(CO)CO)n1. The van der Waals surface area contributed by atoms with Crippen LogP contribution in [0.3, 0.4) is 0 Å². The Balaban J connectivity index is 2.60. The Kier molecular flexibility index (Phi) is 4.74. The molecule has 0 bridgehead atoms. The average molecular weight is 230 g/mol. The Labute approximate surface area is 92.0 Å². The molecule has 0 amide bonds. The van der Waals surface area contributed by atoms with Crippen molar-refractivity contribution < 1.29 is 24.2 Å². The van der Waals surface area contributed by atoms with E-state index in [2.05, 4.69) is 10.3 Å². The van der Waals surface area contributed by atoms with Gasteiger partial charge in [-0.2, -0.15) is 4.98 Å². The summed E-state index contributed by atoms with van der Waals surface area (Å²) in [5, 5.41) is 20.2. The minimum absolute atomic E-state index is 0.0407. The van der Waals surface area contributed by atoms with E-state index in [1.54, 1.807) is 6.92 Å². The van der Waals surface area contributed by atoms with Gasteiger partial charge in [0.05, 0.1) is 25.9 Å². The summed E-state index contributed by atoms with van der Waals surface area (Å²) in [7, 11) is 0. The molecule has 0 aliphatic carbocycles. The van der Waals surface area contributed by atoms with Crippen molar-refractivity contribution in [2.75, 3.05) is 25.1 Å². The molecule has 0 unspecified atom stereocenters. The monoisotopic (exact) mass is 230 g/mol. The largest absolute Gasteiger partial charge is 0.461 e. The van der Waals surface area contributed by atoms with Crippen LogP contribution >= 0.6 is 0 Å². The van der Waals surface area contributed by atoms with Crippen LogP contribution in [0.15, 0.2) is 10.7 Å². The first-order valence-electron chi connectivity index (χ1n) is 4.82. The van der Waals surface area contributed by atoms with Crippen molar-refractivity contribution in [2.24, 2.45) is 0 Å². The fraction of sp³-hybridized carbons (Fsp3) is 0.556. The van der Waals surface area contributed by atoms with Gasteiger partial charge in [0.25, 0.3) is 6.01 Å². The molecule has 16 heavy (non-hydrogen) atoms. The number of carbonyl (C=O) groups excluding carboxylic acids is 1. The third-order valence-corrected chi connectivity index (χ3v) is 1.76. The van der Waals surface area contributed by atoms with E-state index in [-0.39, 0.29) is 31.5 Å². The van der Waals surface area contributed by atoms with Crippen molar-refractivity contribution in [3.05, 3.63) is 12.0 Å². The average Bonchev–Trinajstić information content (AvgIpc) is 2.74. The van der Waals surface area contributed by atoms with Gasteiger partial charge in [0, 0.05) is 0 Å². The van der Waals surface area contributed by atoms with Gasteiger partial charge in [-0.25, -0.2) is 4.79 Å². The molecule has 7 nitrogen and oxygen atoms in total. The summed E-state index contributed by atoms with van der Waals surface area (Å²) < 4.78 is 9.63. The van der Waals surface area contributed by atoms with E-state index in [9.17, 15) is 4.79 Å². The molecule has 0 spiro atoms. The molecule has 0 fully saturated rings. The number of ether oxygens (including phenoxy) is 1. The molecule has 1 aromatic heterocycles. The smallest absolute Gasteiger partial charge is 0.360 e. The Morgan fingerprint density at radius 2 is 2.31 bits per heavy atom. The van der Waals surface area contributed by atoms with Gasteiger partial charge in [-0.1, -0.05) is 0 Å². The molecule has 90 valence electrons. The van der Waals surface area contributed by atoms with Crippen LogP contribution in [-0.2, 0) is 4.74 Å². The Hall–Kier alpha value is -1.60. The van der Waals surface area contributed by atoms with Gasteiger partial charge in [-0.3, -0.25) is 0 Å². The highest BCUT2D eigenvalue weighted by Gasteiger charge is 2.15. The topological polar surface area (TPSA) is 105 Å². The van der Waals surface area contributed by atoms with Gasteiger partial charge < -0.3 is 24.7 Å². The molecular weight excluding hydrogens is 216 g/mol. The van der Waals surface area contributed by atoms with Crippen molar-refractivity contribution in [1.82, 2.24) is 4.98 Å². The van der Waals surface area contributed by atoms with Crippen LogP contribution in [-0.4, -0.2) is 47.0 Å². The van der Waals surface area contributed by atoms with Crippen LogP contribution in [0.5, 0.6) is 0 Å². The van der Waals surface area contributed by atoms with Gasteiger partial charge in [0.1, 0.15) is 6.26 Å². The predicted octanol–water partition coefficient (Wildman–Crippen LogP) is -0.384. The second-order valence-corrected chi connectivity index (χ2v) is 2.96. The second kappa shape index (κ2) is 6.09. The van der Waals surface area contributed by atoms with E-state index in [1.807, 2.05) is 0 Å². The number of nitrogens with one attached hydrogen (secondary N) is 1. The summed E-state index contributed by atoms with van der Waals surface area (Å²) in [5.74, 6) is -0.580. The molecule has 0 aromatic carbocycles. The zero-order valence-electron chi connectivity index (χ0n) is 8.84. The number of hydrogen-bond acceptors (Lipinski definition) is 7. The summed E-state index contributed by atoms with van der Waals surface area (Å²) >= 11 is 0. The Morgan fingerprint density at radius 3 is 2.88 bits per heavy atom. The molecular formula is C9H14N2O5. The highest BCUT2D eigenvalue weighted by atomic mass is 16.5. The highest BCUT2D eigenvalue weighted by Crippen LogP contribution is 2.09. The highest BCUT2D eigenvalue weighted by molar-refractivity contribution is 5.87. The fourth-order valence-electron chi connectivity index (χ4n) is 0.962. The van der Waals surface area contributed by atoms with Crippen molar-refractivity contribution >= 4 is 12.0 Å². The van der Waals surface area contributed by atoms with E-state index < -0.39 is 12.0 Å². The quantitative estimate of drug-likeness (QED) is 0.572. The zero-order valence-corrected chi connectivity index (χ0v) is 8.84. The van der Waals surface area contributed by atoms with Crippen molar-refractivity contribution in [1.29, 1.82) is 0 Å². The molecule has 7 heteroatoms. The first kappa shape index (κ1) is 12.5. The fourth-order valence-corrected chi connectivity index (χ4v) is 0.962. The normalized spacial score (nSPS) is 10.5. The van der Waals surface area contributed by atoms with Crippen molar-refractivity contribution in [3.63, 3.8) is 0 Å². The van der Waals surface area contributed by atoms with Gasteiger partial charge in [-0.15, -0.1) is 0 Å². The van der Waals surface area contributed by atoms with Crippen LogP contribution in [0.2, 0.25) is 0 Å². The molecule has 3 N–H and O–H groups in total. The third-order valence-electron chi connectivity index (χ3n) is 1.76. The zero-order chi connectivity index (χ0) is 12.0. The lowest BCUT2D eigenvalue weighted by molar-refractivity contribution is 0.0519. The van der Waals surface area contributed by atoms with Crippen molar-refractivity contribution in [3.8, 4) is 0 Å². The molecule has 0 aliphatic rings. The number of carbonyl (C=O) groups is 1. The van der Waals surface area contributed by atoms with Gasteiger partial charge in [0.2, 0.25) is 0 Å². The van der Waals surface area contributed by atoms with Crippen LogP contribution < -0.4 is 5.32 Å². The summed E-state index contributed by atoms with van der Waals surface area (Å²) in [5.41, 5.74) is 0.0407. The first-order chi connectivity index (χ1) is 7.71. The summed E-state index contributed by atoms with van der Waals surface area (Å²) in [6, 6.07) is -0.523. The Bertz CT molecular complexity index is 334. The number of aliphatic hydroxyl groups is 2. The first-order valence-corrected chi connectivity index (χ1v) is 4.82. The number of aromatic nitrogens is 1. The Morgan fingerprint density at radius 1 is 1.62 bits per heavy atom. The minimum atomic E-state index is -0.580. The van der Waals surface area contributed by atoms with Crippen molar-refractivity contribution in [2.45, 2.75) is 13.0 Å². The van der Waals surface area contributed by atoms with E-state index in [1.165, 1.54) is 0 Å². The molecule has 0 atom stereocenters. The minimum Gasteiger partial charge on any atom is -0.461 e. The lowest BCUT2D eigenvalue weighted by atomic mass is 10.3. The van der Waals surface area contributed by atoms with Crippen LogP contribution in [0.4, 0.5) is 6.01 Å². The number of oxazole rings is 1. The second-order valence-electron chi connectivity index (χ2n) is 2.96. The number of rotatable bonds is 6. The van der Waals surface area contributed by atoms with Gasteiger partial charge in [0.15, 0.2) is 5.69 Å². The number of aliphatic hydroxyl groups excluding tert-OH is 2. The number of esters is 1. The maximum absolute atomic E-state index is 11.2. The van der Waals surface area contributed by atoms with E-state index in [0.717, 1.165) is 6.26 Å². The third kappa shape index (κ3) is 3.21. The van der Waals surface area contributed by atoms with Crippen LogP contribution in [0.25, 0.3) is 0 Å². The molecule has 1 heterocycles. The maximum atomic E-state index is 11.2. The molecule has 0 saturated heterocycles. The van der Waals surface area contributed by atoms with E-state index >= 15 is 0 Å². The number of nitrogens with zero attached hydrogens (tertiary/aromatic N) is 1. The molecule has 1 rings (SSSR count). The molecule has 0 radical (unpaired) electrons. The van der Waals surface area contributed by atoms with Crippen LogP contribution in [0.1, 0.15) is 17.4 Å². The molecule has 0 aliphatic heterocycles. The summed E-state index contributed by atoms with van der Waals surface area (Å²) in [4.78, 5) is 15.0. The van der Waals surface area contributed by atoms with Gasteiger partial charge in [-0.05, 0) is 6.92 Å².